The zero-order chi connectivity index (χ0) is 19.3. The molecule has 0 N–H and O–H groups in total. The summed E-state index contributed by atoms with van der Waals surface area (Å²) in [6, 6.07) is 3.13. The highest BCUT2D eigenvalue weighted by Crippen LogP contribution is 2.27. The minimum absolute atomic E-state index is 0.0635. The second kappa shape index (κ2) is 8.80. The molecule has 5 nitrogen and oxygen atoms in total. The lowest BCUT2D eigenvalue weighted by Crippen LogP contribution is -2.08. The van der Waals surface area contributed by atoms with Crippen molar-refractivity contribution in [3.63, 3.8) is 0 Å². The number of nitrogens with zero attached hydrogens (tertiary/aromatic N) is 1. The molecule has 0 bridgehead atoms. The van der Waals surface area contributed by atoms with E-state index < -0.39 is 23.2 Å². The van der Waals surface area contributed by atoms with Crippen molar-refractivity contribution in [1.29, 1.82) is 0 Å². The van der Waals surface area contributed by atoms with Gasteiger partial charge in [-0.2, -0.15) is 0 Å². The molecule has 0 unspecified atom stereocenters. The Balaban J connectivity index is 2.08. The highest BCUT2D eigenvalue weighted by molar-refractivity contribution is 6.31. The summed E-state index contributed by atoms with van der Waals surface area (Å²) in [4.78, 5) is 15.4. The van der Waals surface area contributed by atoms with Crippen molar-refractivity contribution in [3.05, 3.63) is 52.2 Å². The van der Waals surface area contributed by atoms with Crippen molar-refractivity contribution in [2.45, 2.75) is 20.5 Å². The molecular formula is C18H18ClF2NO4. The summed E-state index contributed by atoms with van der Waals surface area (Å²) in [5.41, 5.74) is -0.545. The third-order valence-electron chi connectivity index (χ3n) is 3.27. The number of halogens is 3. The van der Waals surface area contributed by atoms with Crippen LogP contribution in [0.15, 0.2) is 24.4 Å². The lowest BCUT2D eigenvalue weighted by molar-refractivity contribution is 0.0594. The maximum atomic E-state index is 14.0. The van der Waals surface area contributed by atoms with E-state index >= 15 is 0 Å². The average molecular weight is 386 g/mol. The van der Waals surface area contributed by atoms with E-state index in [2.05, 4.69) is 9.72 Å². The van der Waals surface area contributed by atoms with Crippen molar-refractivity contribution >= 4 is 17.6 Å². The summed E-state index contributed by atoms with van der Waals surface area (Å²) in [5, 5.41) is 0.246. The van der Waals surface area contributed by atoms with E-state index in [1.165, 1.54) is 12.3 Å². The summed E-state index contributed by atoms with van der Waals surface area (Å²) in [7, 11) is 1.09. The summed E-state index contributed by atoms with van der Waals surface area (Å²) >= 11 is 6.07. The van der Waals surface area contributed by atoms with Gasteiger partial charge in [0.15, 0.2) is 0 Å². The maximum Gasteiger partial charge on any atom is 0.340 e. The lowest BCUT2D eigenvalue weighted by atomic mass is 10.1. The molecule has 0 atom stereocenters. The van der Waals surface area contributed by atoms with Gasteiger partial charge in [0, 0.05) is 11.6 Å². The normalized spacial score (nSPS) is 10.7. The number of aromatic nitrogens is 1. The van der Waals surface area contributed by atoms with Gasteiger partial charge in [0.25, 0.3) is 0 Å². The average Bonchev–Trinajstić information content (AvgIpc) is 2.60. The molecule has 1 heterocycles. The van der Waals surface area contributed by atoms with Gasteiger partial charge in [0.2, 0.25) is 5.88 Å². The fourth-order valence-electron chi connectivity index (χ4n) is 1.96. The highest BCUT2D eigenvalue weighted by atomic mass is 35.5. The van der Waals surface area contributed by atoms with Crippen LogP contribution >= 0.6 is 11.6 Å². The van der Waals surface area contributed by atoms with Crippen molar-refractivity contribution in [2.24, 2.45) is 5.92 Å². The largest absolute Gasteiger partial charge is 0.487 e. The number of rotatable bonds is 7. The van der Waals surface area contributed by atoms with Crippen LogP contribution in [0.4, 0.5) is 8.78 Å². The Kier molecular flexibility index (Phi) is 6.74. The Morgan fingerprint density at radius 2 is 1.92 bits per heavy atom. The fourth-order valence-corrected chi connectivity index (χ4v) is 2.18. The van der Waals surface area contributed by atoms with Crippen LogP contribution < -0.4 is 9.47 Å². The molecule has 2 rings (SSSR count). The second-order valence-electron chi connectivity index (χ2n) is 5.87. The van der Waals surface area contributed by atoms with E-state index in [-0.39, 0.29) is 28.8 Å². The Morgan fingerprint density at radius 1 is 1.19 bits per heavy atom. The summed E-state index contributed by atoms with van der Waals surface area (Å²) in [5.74, 6) is -1.79. The second-order valence-corrected chi connectivity index (χ2v) is 6.27. The number of hydrogen-bond acceptors (Lipinski definition) is 5. The minimum Gasteiger partial charge on any atom is -0.487 e. The van der Waals surface area contributed by atoms with Gasteiger partial charge in [0.05, 0.1) is 25.5 Å². The number of carbonyl (C=O) groups is 1. The molecule has 0 spiro atoms. The van der Waals surface area contributed by atoms with Crippen LogP contribution in [0.25, 0.3) is 0 Å². The molecule has 0 aliphatic carbocycles. The topological polar surface area (TPSA) is 57.7 Å². The molecule has 0 fully saturated rings. The van der Waals surface area contributed by atoms with Crippen LogP contribution in [-0.4, -0.2) is 24.7 Å². The van der Waals surface area contributed by atoms with Crippen LogP contribution in [0.5, 0.6) is 11.6 Å². The van der Waals surface area contributed by atoms with Crippen molar-refractivity contribution in [2.75, 3.05) is 13.7 Å². The molecule has 140 valence electrons. The number of pyridine rings is 1. The van der Waals surface area contributed by atoms with E-state index in [1.54, 1.807) is 0 Å². The van der Waals surface area contributed by atoms with Crippen LogP contribution in [0, 0.1) is 17.6 Å². The molecule has 0 aliphatic rings. The summed E-state index contributed by atoms with van der Waals surface area (Å²) in [6.07, 6.45) is 1.37. The van der Waals surface area contributed by atoms with E-state index in [0.717, 1.165) is 19.2 Å². The van der Waals surface area contributed by atoms with Gasteiger partial charge in [-0.1, -0.05) is 25.4 Å². The van der Waals surface area contributed by atoms with Crippen LogP contribution in [-0.2, 0) is 11.3 Å². The van der Waals surface area contributed by atoms with Crippen molar-refractivity contribution in [1.82, 2.24) is 4.98 Å². The summed E-state index contributed by atoms with van der Waals surface area (Å²) < 4.78 is 43.1. The minimum atomic E-state index is -0.957. The molecular weight excluding hydrogens is 368 g/mol. The van der Waals surface area contributed by atoms with Crippen LogP contribution in [0.2, 0.25) is 5.02 Å². The van der Waals surface area contributed by atoms with Gasteiger partial charge >= 0.3 is 5.97 Å². The van der Waals surface area contributed by atoms with E-state index in [1.807, 2.05) is 13.8 Å². The van der Waals surface area contributed by atoms with E-state index in [0.29, 0.717) is 12.5 Å². The number of ether oxygens (including phenoxy) is 3. The van der Waals surface area contributed by atoms with Crippen molar-refractivity contribution < 1.29 is 27.8 Å². The smallest absolute Gasteiger partial charge is 0.340 e. The Bertz CT molecular complexity index is 799. The van der Waals surface area contributed by atoms with Gasteiger partial charge in [-0.15, -0.1) is 0 Å². The molecule has 1 aromatic heterocycles. The fraction of sp³-hybridized carbons (Fsp3) is 0.333. The Morgan fingerprint density at radius 3 is 2.54 bits per heavy atom. The molecule has 0 radical (unpaired) electrons. The van der Waals surface area contributed by atoms with Crippen molar-refractivity contribution in [3.8, 4) is 11.6 Å². The SMILES string of the molecule is COC(=O)c1cc(F)c(COc2cnc(OCC(C)C)c(Cl)c2)cc1F. The van der Waals surface area contributed by atoms with Gasteiger partial charge in [-0.3, -0.25) is 0 Å². The Hall–Kier alpha value is -2.41. The predicted octanol–water partition coefficient (Wildman–Crippen LogP) is 4.41. The first-order valence-electron chi connectivity index (χ1n) is 7.79. The van der Waals surface area contributed by atoms with Crippen LogP contribution in [0.3, 0.4) is 0 Å². The maximum absolute atomic E-state index is 14.0. The lowest BCUT2D eigenvalue weighted by Gasteiger charge is -2.12. The number of esters is 1. The number of hydrogen-bond donors (Lipinski definition) is 0. The third-order valence-corrected chi connectivity index (χ3v) is 3.54. The quantitative estimate of drug-likeness (QED) is 0.660. The van der Waals surface area contributed by atoms with E-state index in [4.69, 9.17) is 21.1 Å². The standard InChI is InChI=1S/C18H18ClF2NO4/c1-10(2)8-26-17-14(19)5-12(7-22-17)25-9-11-4-16(21)13(6-15(11)20)18(23)24-3/h4-7,10H,8-9H2,1-3H3. The molecule has 1 aromatic carbocycles. The first-order chi connectivity index (χ1) is 12.3. The first-order valence-corrected chi connectivity index (χ1v) is 8.17. The molecule has 0 saturated carbocycles. The van der Waals surface area contributed by atoms with Gasteiger partial charge in [0.1, 0.15) is 29.0 Å². The molecule has 8 heteroatoms. The molecule has 0 saturated heterocycles. The third kappa shape index (κ3) is 5.05. The number of benzene rings is 1. The highest BCUT2D eigenvalue weighted by Gasteiger charge is 2.17. The monoisotopic (exact) mass is 385 g/mol. The van der Waals surface area contributed by atoms with E-state index in [9.17, 15) is 13.6 Å². The van der Waals surface area contributed by atoms with Gasteiger partial charge in [-0.25, -0.2) is 18.6 Å². The van der Waals surface area contributed by atoms with Gasteiger partial charge < -0.3 is 14.2 Å². The zero-order valence-electron chi connectivity index (χ0n) is 14.5. The number of methoxy groups -OCH3 is 1. The van der Waals surface area contributed by atoms with Crippen LogP contribution in [0.1, 0.15) is 29.8 Å². The predicted molar refractivity (Wildman–Crippen MR) is 91.6 cm³/mol. The first kappa shape index (κ1) is 19.9. The molecule has 0 amide bonds. The Labute approximate surface area is 154 Å². The molecule has 2 aromatic rings. The number of carbonyl (C=O) groups excluding carboxylic acids is 1. The van der Waals surface area contributed by atoms with Gasteiger partial charge in [-0.05, 0) is 18.1 Å². The zero-order valence-corrected chi connectivity index (χ0v) is 15.3. The summed E-state index contributed by atoms with van der Waals surface area (Å²) in [6.45, 7) is 4.17. The molecule has 26 heavy (non-hydrogen) atoms. The molecule has 0 aliphatic heterocycles.